The van der Waals surface area contributed by atoms with E-state index in [9.17, 15) is 18.0 Å². The Hall–Kier alpha value is -4.42. The molecule has 5 aromatic rings. The normalized spacial score (nSPS) is 14.5. The number of benzene rings is 2. The van der Waals surface area contributed by atoms with Crippen molar-refractivity contribution in [3.8, 4) is 28.7 Å². The highest BCUT2D eigenvalue weighted by atomic mass is 35.5. The molecule has 1 aliphatic heterocycles. The average molecular weight is 600 g/mol. The van der Waals surface area contributed by atoms with Crippen molar-refractivity contribution in [2.24, 2.45) is 5.92 Å². The van der Waals surface area contributed by atoms with E-state index in [0.29, 0.717) is 0 Å². The van der Waals surface area contributed by atoms with Crippen molar-refractivity contribution in [1.82, 2.24) is 25.3 Å². The summed E-state index contributed by atoms with van der Waals surface area (Å²) in [5, 5.41) is 8.90. The van der Waals surface area contributed by atoms with Crippen LogP contribution in [0.3, 0.4) is 0 Å². The van der Waals surface area contributed by atoms with E-state index < -0.39 is 23.0 Å². The van der Waals surface area contributed by atoms with Crippen LogP contribution in [0.2, 0.25) is 5.02 Å². The average Bonchev–Trinajstić information content (AvgIpc) is 3.73. The van der Waals surface area contributed by atoms with E-state index in [-0.39, 0.29) is 63.7 Å². The van der Waals surface area contributed by atoms with Crippen LogP contribution in [0.4, 0.5) is 13.2 Å². The fraction of sp³-hybridized carbons (Fsp3) is 0.241. The first-order chi connectivity index (χ1) is 20.2. The van der Waals surface area contributed by atoms with Crippen LogP contribution >= 0.6 is 11.6 Å². The fourth-order valence-electron chi connectivity index (χ4n) is 4.07. The number of aromatic nitrogens is 5. The highest BCUT2D eigenvalue weighted by Gasteiger charge is 2.17. The van der Waals surface area contributed by atoms with Gasteiger partial charge in [-0.05, 0) is 48.2 Å². The minimum atomic E-state index is -0.712. The minimum Gasteiger partial charge on any atom is -0.473 e. The van der Waals surface area contributed by atoms with Crippen LogP contribution in [0.1, 0.15) is 30.3 Å². The molecule has 1 fully saturated rings. The van der Waals surface area contributed by atoms with Crippen LogP contribution in [-0.4, -0.2) is 38.5 Å². The lowest BCUT2D eigenvalue weighted by Gasteiger charge is -2.10. The Kier molecular flexibility index (Phi) is 9.03. The third-order valence-electron chi connectivity index (χ3n) is 6.32. The molecule has 3 aromatic heterocycles. The SMILES string of the molecule is CC1CCOC1.O=c1cc(-c2n[nH]c(Cc3cc(F)c(-c4cccc(OCc5ccc(Cl)cc5F)n4)cc3F)n2)o[nH]1. The van der Waals surface area contributed by atoms with E-state index in [0.717, 1.165) is 31.3 Å². The maximum Gasteiger partial charge on any atom is 0.280 e. The Labute approximate surface area is 242 Å². The molecule has 2 aromatic carbocycles. The highest BCUT2D eigenvalue weighted by molar-refractivity contribution is 6.30. The van der Waals surface area contributed by atoms with Crippen molar-refractivity contribution < 1.29 is 27.2 Å². The molecular formula is C29H25ClF3N5O4. The van der Waals surface area contributed by atoms with Crippen molar-refractivity contribution in [1.29, 1.82) is 0 Å². The number of rotatable bonds is 7. The van der Waals surface area contributed by atoms with E-state index in [1.807, 2.05) is 0 Å². The van der Waals surface area contributed by atoms with Crippen molar-refractivity contribution in [3.63, 3.8) is 0 Å². The smallest absolute Gasteiger partial charge is 0.280 e. The molecule has 13 heteroatoms. The topological polar surface area (TPSA) is 119 Å². The molecule has 1 unspecified atom stereocenters. The second-order valence-electron chi connectivity index (χ2n) is 9.64. The third kappa shape index (κ3) is 7.25. The molecular weight excluding hydrogens is 575 g/mol. The zero-order valence-electron chi connectivity index (χ0n) is 22.3. The number of nitrogens with zero attached hydrogens (tertiary/aromatic N) is 3. The number of hydrogen-bond acceptors (Lipinski definition) is 7. The molecule has 0 amide bonds. The van der Waals surface area contributed by atoms with Crippen molar-refractivity contribution in [3.05, 3.63) is 104 Å². The van der Waals surface area contributed by atoms with E-state index in [1.165, 1.54) is 42.8 Å². The van der Waals surface area contributed by atoms with Gasteiger partial charge < -0.3 is 14.0 Å². The summed E-state index contributed by atoms with van der Waals surface area (Å²) in [6.07, 6.45) is 1.17. The Morgan fingerprint density at radius 3 is 2.55 bits per heavy atom. The zero-order chi connectivity index (χ0) is 29.6. The number of H-pyrrole nitrogens is 2. The maximum absolute atomic E-state index is 15.0. The third-order valence-corrected chi connectivity index (χ3v) is 6.55. The van der Waals surface area contributed by atoms with Gasteiger partial charge in [0.2, 0.25) is 17.5 Å². The Morgan fingerprint density at radius 2 is 1.86 bits per heavy atom. The standard InChI is InChI=1S/C24H15ClF3N5O3.C5H10O/c25-14-5-4-12(16(26)8-14)11-35-23-3-1-2-19(29-23)15-9-17(27)13(6-18(15)28)7-21-30-24(32-31-21)20-10-22(34)33-36-20;1-5-2-3-6-4-5/h1-6,8-10H,7,11H2,(H,33,34)(H,30,31,32);5H,2-4H2,1H3. The lowest BCUT2D eigenvalue weighted by atomic mass is 10.0. The van der Waals surface area contributed by atoms with Crippen molar-refractivity contribution in [2.45, 2.75) is 26.4 Å². The van der Waals surface area contributed by atoms with Gasteiger partial charge in [-0.15, -0.1) is 5.10 Å². The molecule has 1 atom stereocenters. The summed E-state index contributed by atoms with van der Waals surface area (Å²) in [5.41, 5.74) is -0.106. The summed E-state index contributed by atoms with van der Waals surface area (Å²) >= 11 is 5.75. The first-order valence-corrected chi connectivity index (χ1v) is 13.3. The van der Waals surface area contributed by atoms with Gasteiger partial charge in [-0.3, -0.25) is 9.89 Å². The van der Waals surface area contributed by atoms with Crippen molar-refractivity contribution >= 4 is 11.6 Å². The predicted molar refractivity (Wildman–Crippen MR) is 147 cm³/mol. The fourth-order valence-corrected chi connectivity index (χ4v) is 4.23. The molecule has 0 aliphatic carbocycles. The lowest BCUT2D eigenvalue weighted by Crippen LogP contribution is -2.01. The molecule has 0 radical (unpaired) electrons. The van der Waals surface area contributed by atoms with Gasteiger partial charge in [0.1, 0.15) is 29.9 Å². The first-order valence-electron chi connectivity index (χ1n) is 12.9. The highest BCUT2D eigenvalue weighted by Crippen LogP contribution is 2.27. The van der Waals surface area contributed by atoms with Crippen LogP contribution in [0, 0.1) is 23.4 Å². The monoisotopic (exact) mass is 599 g/mol. The summed E-state index contributed by atoms with van der Waals surface area (Å²) in [6.45, 7) is 4.06. The minimum absolute atomic E-state index is 0.0279. The van der Waals surface area contributed by atoms with E-state index in [2.05, 4.69) is 32.2 Å². The van der Waals surface area contributed by atoms with Gasteiger partial charge in [-0.25, -0.2) is 23.1 Å². The number of nitrogens with one attached hydrogen (secondary N) is 2. The Bertz CT molecular complexity index is 1730. The molecule has 0 spiro atoms. The van der Waals surface area contributed by atoms with Crippen LogP contribution in [-0.2, 0) is 17.8 Å². The van der Waals surface area contributed by atoms with E-state index in [1.54, 1.807) is 6.07 Å². The van der Waals surface area contributed by atoms with Gasteiger partial charge in [0.05, 0.1) is 11.8 Å². The van der Waals surface area contributed by atoms with Gasteiger partial charge in [0.15, 0.2) is 0 Å². The number of pyridine rings is 1. The second-order valence-corrected chi connectivity index (χ2v) is 10.1. The van der Waals surface area contributed by atoms with Crippen LogP contribution in [0.25, 0.3) is 22.8 Å². The van der Waals surface area contributed by atoms with Crippen LogP contribution in [0.5, 0.6) is 5.88 Å². The largest absolute Gasteiger partial charge is 0.473 e. The predicted octanol–water partition coefficient (Wildman–Crippen LogP) is 6.10. The molecule has 6 rings (SSSR count). The first kappa shape index (κ1) is 29.1. The van der Waals surface area contributed by atoms with Crippen LogP contribution < -0.4 is 10.3 Å². The van der Waals surface area contributed by atoms with Gasteiger partial charge in [-0.2, -0.15) is 5.16 Å². The molecule has 1 saturated heterocycles. The maximum atomic E-state index is 15.0. The summed E-state index contributed by atoms with van der Waals surface area (Å²) in [4.78, 5) is 19.6. The van der Waals surface area contributed by atoms with Gasteiger partial charge in [0, 0.05) is 41.9 Å². The molecule has 0 bridgehead atoms. The number of aromatic amines is 2. The quantitative estimate of drug-likeness (QED) is 0.232. The number of halogens is 4. The second kappa shape index (κ2) is 13.0. The van der Waals surface area contributed by atoms with Crippen molar-refractivity contribution in [2.75, 3.05) is 13.2 Å². The zero-order valence-corrected chi connectivity index (χ0v) is 23.1. The van der Waals surface area contributed by atoms with E-state index >= 15 is 0 Å². The summed E-state index contributed by atoms with van der Waals surface area (Å²) < 4.78 is 59.3. The van der Waals surface area contributed by atoms with Gasteiger partial charge >= 0.3 is 0 Å². The lowest BCUT2D eigenvalue weighted by molar-refractivity contribution is 0.188. The molecule has 2 N–H and O–H groups in total. The molecule has 0 saturated carbocycles. The Morgan fingerprint density at radius 1 is 1.02 bits per heavy atom. The molecule has 4 heterocycles. The molecule has 1 aliphatic rings. The summed E-state index contributed by atoms with van der Waals surface area (Å²) in [7, 11) is 0. The van der Waals surface area contributed by atoms with E-state index in [4.69, 9.17) is 25.6 Å². The summed E-state index contributed by atoms with van der Waals surface area (Å²) in [5.74, 6) is -0.551. The number of ether oxygens (including phenoxy) is 2. The summed E-state index contributed by atoms with van der Waals surface area (Å²) in [6, 6.07) is 12.0. The molecule has 42 heavy (non-hydrogen) atoms. The van der Waals surface area contributed by atoms with Gasteiger partial charge in [-0.1, -0.05) is 30.7 Å². The molecule has 9 nitrogen and oxygen atoms in total. The van der Waals surface area contributed by atoms with Crippen LogP contribution in [0.15, 0.2) is 63.9 Å². The Balaban J connectivity index is 0.000000524. The number of hydrogen-bond donors (Lipinski definition) is 2. The van der Waals surface area contributed by atoms with Gasteiger partial charge in [0.25, 0.3) is 5.56 Å². The molecule has 218 valence electrons.